The predicted molar refractivity (Wildman–Crippen MR) is 68.3 cm³/mol. The van der Waals surface area contributed by atoms with Gasteiger partial charge in [-0.25, -0.2) is 0 Å². The Morgan fingerprint density at radius 1 is 1.44 bits per heavy atom. The van der Waals surface area contributed by atoms with Crippen molar-refractivity contribution in [1.29, 1.82) is 0 Å². The summed E-state index contributed by atoms with van der Waals surface area (Å²) in [6.45, 7) is 2.01. The van der Waals surface area contributed by atoms with Gasteiger partial charge in [0, 0.05) is 4.88 Å². The number of hydrogen-bond acceptors (Lipinski definition) is 4. The number of thiophene rings is 1. The maximum absolute atomic E-state index is 11.7. The van der Waals surface area contributed by atoms with Gasteiger partial charge in [-0.15, -0.1) is 23.1 Å². The van der Waals surface area contributed by atoms with Gasteiger partial charge in [0.2, 0.25) is 0 Å². The molecule has 4 heteroatoms. The molecule has 0 atom stereocenters. The molecule has 0 saturated heterocycles. The van der Waals surface area contributed by atoms with Gasteiger partial charge in [-0.3, -0.25) is 4.79 Å². The van der Waals surface area contributed by atoms with E-state index < -0.39 is 0 Å². The Balaban J connectivity index is 1.80. The first kappa shape index (κ1) is 11.5. The van der Waals surface area contributed by atoms with Crippen LogP contribution < -0.4 is 0 Å². The van der Waals surface area contributed by atoms with Gasteiger partial charge >= 0.3 is 0 Å². The topological polar surface area (TPSA) is 30.2 Å². The summed E-state index contributed by atoms with van der Waals surface area (Å²) < 4.78 is 5.20. The van der Waals surface area contributed by atoms with Crippen molar-refractivity contribution in [1.82, 2.24) is 0 Å². The lowest BCUT2D eigenvalue weighted by molar-refractivity contribution is 0.102. The van der Waals surface area contributed by atoms with Gasteiger partial charge in [-0.1, -0.05) is 0 Å². The summed E-state index contributed by atoms with van der Waals surface area (Å²) in [4.78, 5) is 13.8. The minimum atomic E-state index is 0.203. The van der Waals surface area contributed by atoms with Crippen LogP contribution in [-0.2, 0) is 5.75 Å². The van der Waals surface area contributed by atoms with E-state index in [1.165, 1.54) is 4.88 Å². The average molecular weight is 252 g/mol. The van der Waals surface area contributed by atoms with Crippen molar-refractivity contribution >= 4 is 28.9 Å². The Hall–Kier alpha value is -1.00. The summed E-state index contributed by atoms with van der Waals surface area (Å²) in [5.74, 6) is 2.39. The second-order valence-corrected chi connectivity index (χ2v) is 5.68. The van der Waals surface area contributed by atoms with Crippen molar-refractivity contribution in [2.45, 2.75) is 12.7 Å². The summed E-state index contributed by atoms with van der Waals surface area (Å²) in [6.07, 6.45) is 1.65. The second kappa shape index (κ2) is 5.37. The molecular weight excluding hydrogens is 240 g/mol. The van der Waals surface area contributed by atoms with Gasteiger partial charge in [0.15, 0.2) is 5.78 Å². The zero-order valence-electron chi connectivity index (χ0n) is 8.93. The molecular formula is C12H12O2S2. The largest absolute Gasteiger partial charge is 0.468 e. The number of carbonyl (C=O) groups excluding carboxylic acids is 1. The first-order chi connectivity index (χ1) is 7.75. The number of furan rings is 1. The van der Waals surface area contributed by atoms with Crippen molar-refractivity contribution in [3.63, 3.8) is 0 Å². The van der Waals surface area contributed by atoms with Crippen LogP contribution in [-0.4, -0.2) is 11.5 Å². The molecule has 2 aromatic heterocycles. The summed E-state index contributed by atoms with van der Waals surface area (Å²) in [5.41, 5.74) is 0. The van der Waals surface area contributed by atoms with E-state index in [9.17, 15) is 4.79 Å². The van der Waals surface area contributed by atoms with Gasteiger partial charge in [-0.05, 0) is 31.2 Å². The number of carbonyl (C=O) groups is 1. The molecule has 0 aliphatic carbocycles. The minimum absolute atomic E-state index is 0.203. The van der Waals surface area contributed by atoms with Gasteiger partial charge in [0.1, 0.15) is 5.76 Å². The van der Waals surface area contributed by atoms with E-state index in [0.717, 1.165) is 16.4 Å². The fourth-order valence-corrected chi connectivity index (χ4v) is 3.00. The van der Waals surface area contributed by atoms with E-state index in [2.05, 4.69) is 0 Å². The zero-order chi connectivity index (χ0) is 11.4. The second-order valence-electron chi connectivity index (χ2n) is 3.41. The third-order valence-electron chi connectivity index (χ3n) is 2.07. The molecule has 2 aromatic rings. The van der Waals surface area contributed by atoms with E-state index in [1.54, 1.807) is 29.4 Å². The quantitative estimate of drug-likeness (QED) is 0.759. The summed E-state index contributed by atoms with van der Waals surface area (Å²) >= 11 is 3.14. The monoisotopic (exact) mass is 252 g/mol. The average Bonchev–Trinajstić information content (AvgIpc) is 2.89. The highest BCUT2D eigenvalue weighted by molar-refractivity contribution is 7.99. The Kier molecular flexibility index (Phi) is 3.85. The van der Waals surface area contributed by atoms with Gasteiger partial charge in [-0.2, -0.15) is 0 Å². The van der Waals surface area contributed by atoms with Crippen molar-refractivity contribution in [3.8, 4) is 0 Å². The molecule has 0 bridgehead atoms. The molecule has 16 heavy (non-hydrogen) atoms. The molecule has 0 aromatic carbocycles. The molecule has 0 saturated carbocycles. The molecule has 0 aliphatic heterocycles. The van der Waals surface area contributed by atoms with Crippen molar-refractivity contribution in [2.24, 2.45) is 0 Å². The third-order valence-corrected chi connectivity index (χ3v) is 4.07. The summed E-state index contributed by atoms with van der Waals surface area (Å²) in [5, 5.41) is 0. The molecule has 0 fully saturated rings. The fourth-order valence-electron chi connectivity index (χ4n) is 1.29. The minimum Gasteiger partial charge on any atom is -0.468 e. The van der Waals surface area contributed by atoms with Crippen LogP contribution in [0.2, 0.25) is 0 Å². The smallest absolute Gasteiger partial charge is 0.182 e. The summed E-state index contributed by atoms with van der Waals surface area (Å²) in [7, 11) is 0. The number of ketones is 1. The van der Waals surface area contributed by atoms with E-state index in [1.807, 2.05) is 31.2 Å². The number of hydrogen-bond donors (Lipinski definition) is 0. The van der Waals surface area contributed by atoms with Crippen LogP contribution in [0.25, 0.3) is 0 Å². The Labute approximate surface area is 103 Å². The van der Waals surface area contributed by atoms with Gasteiger partial charge in [0.25, 0.3) is 0 Å². The highest BCUT2D eigenvalue weighted by atomic mass is 32.2. The lowest BCUT2D eigenvalue weighted by atomic mass is 10.3. The maximum Gasteiger partial charge on any atom is 0.182 e. The Morgan fingerprint density at radius 3 is 2.94 bits per heavy atom. The maximum atomic E-state index is 11.7. The molecule has 0 aliphatic rings. The van der Waals surface area contributed by atoms with Crippen LogP contribution in [0, 0.1) is 6.92 Å². The Morgan fingerprint density at radius 2 is 2.31 bits per heavy atom. The molecule has 0 unspecified atom stereocenters. The normalized spacial score (nSPS) is 10.6. The van der Waals surface area contributed by atoms with Crippen molar-refractivity contribution < 1.29 is 9.21 Å². The van der Waals surface area contributed by atoms with E-state index in [4.69, 9.17) is 4.42 Å². The number of thioether (sulfide) groups is 1. The third kappa shape index (κ3) is 3.00. The number of rotatable bonds is 5. The van der Waals surface area contributed by atoms with Crippen molar-refractivity contribution in [3.05, 3.63) is 46.0 Å². The first-order valence-corrected chi connectivity index (χ1v) is 6.92. The van der Waals surface area contributed by atoms with Crippen LogP contribution in [0.3, 0.4) is 0 Å². The highest BCUT2D eigenvalue weighted by Crippen LogP contribution is 2.19. The van der Waals surface area contributed by atoms with Crippen LogP contribution in [0.1, 0.15) is 20.3 Å². The van der Waals surface area contributed by atoms with Crippen LogP contribution >= 0.6 is 23.1 Å². The predicted octanol–water partition coefficient (Wildman–Crippen LogP) is 3.77. The van der Waals surface area contributed by atoms with Crippen LogP contribution in [0.15, 0.2) is 34.9 Å². The number of Topliss-reactive ketones (excluding diaryl/α,β-unsaturated/α-hetero) is 1. The number of aryl methyl sites for hydroxylation is 1. The van der Waals surface area contributed by atoms with E-state index >= 15 is 0 Å². The SMILES string of the molecule is Cc1ccc(C(=O)CSCc2ccco2)s1. The fraction of sp³-hybridized carbons (Fsp3) is 0.250. The van der Waals surface area contributed by atoms with E-state index in [0.29, 0.717) is 5.75 Å². The molecule has 2 nitrogen and oxygen atoms in total. The molecule has 0 radical (unpaired) electrons. The summed E-state index contributed by atoms with van der Waals surface area (Å²) in [6, 6.07) is 7.66. The molecule has 0 N–H and O–H groups in total. The molecule has 0 amide bonds. The van der Waals surface area contributed by atoms with Gasteiger partial charge < -0.3 is 4.42 Å². The molecule has 0 spiro atoms. The molecule has 2 rings (SSSR count). The molecule has 84 valence electrons. The standard InChI is InChI=1S/C12H12O2S2/c1-9-4-5-12(16-9)11(13)8-15-7-10-3-2-6-14-10/h2-6H,7-8H2,1H3. The van der Waals surface area contributed by atoms with Crippen LogP contribution in [0.5, 0.6) is 0 Å². The first-order valence-electron chi connectivity index (χ1n) is 4.95. The van der Waals surface area contributed by atoms with Gasteiger partial charge in [0.05, 0.1) is 22.6 Å². The van der Waals surface area contributed by atoms with Crippen LogP contribution in [0.4, 0.5) is 0 Å². The van der Waals surface area contributed by atoms with Crippen molar-refractivity contribution in [2.75, 3.05) is 5.75 Å². The molecule has 2 heterocycles. The zero-order valence-corrected chi connectivity index (χ0v) is 10.6. The lowest BCUT2D eigenvalue weighted by Crippen LogP contribution is -1.99. The van der Waals surface area contributed by atoms with E-state index in [-0.39, 0.29) is 5.78 Å². The highest BCUT2D eigenvalue weighted by Gasteiger charge is 2.08. The lowest BCUT2D eigenvalue weighted by Gasteiger charge is -1.97. The Bertz CT molecular complexity index is 457.